The van der Waals surface area contributed by atoms with Gasteiger partial charge in [-0.15, -0.1) is 0 Å². The second kappa shape index (κ2) is 3.80. The van der Waals surface area contributed by atoms with Gasteiger partial charge in [0.25, 0.3) is 10.0 Å². The summed E-state index contributed by atoms with van der Waals surface area (Å²) < 4.78 is 51.1. The number of sulfone groups is 1. The average Bonchev–Trinajstić information content (AvgIpc) is 2.91. The third-order valence-corrected chi connectivity index (χ3v) is 7.91. The maximum Gasteiger partial charge on any atom is 0.262 e. The Morgan fingerprint density at radius 2 is 2.11 bits per heavy atom. The summed E-state index contributed by atoms with van der Waals surface area (Å²) >= 11 is 0. The summed E-state index contributed by atoms with van der Waals surface area (Å²) in [6.07, 6.45) is 1.87. The van der Waals surface area contributed by atoms with Crippen molar-refractivity contribution in [3.05, 3.63) is 12.0 Å². The van der Waals surface area contributed by atoms with E-state index in [0.29, 0.717) is 12.2 Å². The molecule has 2 atom stereocenters. The highest BCUT2D eigenvalue weighted by Gasteiger charge is 2.53. The molecule has 0 saturated carbocycles. The maximum atomic E-state index is 12.5. The Bertz CT molecular complexity index is 715. The van der Waals surface area contributed by atoms with Crippen LogP contribution < -0.4 is 0 Å². The van der Waals surface area contributed by atoms with Crippen LogP contribution in [0.25, 0.3) is 0 Å². The first-order valence-corrected chi connectivity index (χ1v) is 9.11. The molecule has 0 spiro atoms. The normalized spacial score (nSPS) is 30.0. The van der Waals surface area contributed by atoms with Gasteiger partial charge < -0.3 is 4.57 Å². The molecule has 2 aliphatic rings. The van der Waals surface area contributed by atoms with Crippen LogP contribution in [0, 0.1) is 6.92 Å². The zero-order chi connectivity index (χ0) is 14.0. The van der Waals surface area contributed by atoms with Crippen LogP contribution in [-0.4, -0.2) is 54.3 Å². The van der Waals surface area contributed by atoms with Crippen LogP contribution in [0.15, 0.2) is 11.2 Å². The number of rotatable bonds is 2. The Labute approximate surface area is 112 Å². The van der Waals surface area contributed by atoms with Crippen molar-refractivity contribution in [1.29, 1.82) is 0 Å². The summed E-state index contributed by atoms with van der Waals surface area (Å²) in [6, 6.07) is -0.428. The molecule has 0 radical (unpaired) electrons. The van der Waals surface area contributed by atoms with Gasteiger partial charge >= 0.3 is 0 Å². The van der Waals surface area contributed by atoms with E-state index in [0.717, 1.165) is 0 Å². The van der Waals surface area contributed by atoms with Crippen LogP contribution in [0.5, 0.6) is 0 Å². The summed E-state index contributed by atoms with van der Waals surface area (Å²) in [4.78, 5) is 4.03. The van der Waals surface area contributed by atoms with Crippen LogP contribution in [0.1, 0.15) is 12.2 Å². The fourth-order valence-electron chi connectivity index (χ4n) is 2.73. The van der Waals surface area contributed by atoms with Crippen molar-refractivity contribution in [3.8, 4) is 0 Å². The first-order chi connectivity index (χ1) is 8.72. The van der Waals surface area contributed by atoms with Gasteiger partial charge in [0.1, 0.15) is 5.82 Å². The van der Waals surface area contributed by atoms with E-state index in [-0.39, 0.29) is 17.3 Å². The summed E-state index contributed by atoms with van der Waals surface area (Å²) in [5.41, 5.74) is 0. The molecule has 1 aromatic heterocycles. The first-order valence-electron chi connectivity index (χ1n) is 5.95. The van der Waals surface area contributed by atoms with Gasteiger partial charge in [0, 0.05) is 25.8 Å². The number of aromatic nitrogens is 2. The third kappa shape index (κ3) is 1.83. The molecule has 7 nitrogen and oxygen atoms in total. The molecule has 2 unspecified atom stereocenters. The van der Waals surface area contributed by atoms with E-state index in [4.69, 9.17) is 0 Å². The number of hydrogen-bond donors (Lipinski definition) is 0. The molecule has 0 aliphatic carbocycles. The standard InChI is InChI=1S/C10H15N3O4S2/c1-7-11-10(5-12(7)2)19(16,17)13-4-9-3-8(13)6-18(9,14)15/h5,8-9H,3-4,6H2,1-2H3. The zero-order valence-electron chi connectivity index (χ0n) is 10.6. The highest BCUT2D eigenvalue weighted by atomic mass is 32.2. The topological polar surface area (TPSA) is 89.3 Å². The number of fused-ring (bicyclic) bond motifs is 2. The minimum absolute atomic E-state index is 0.00236. The monoisotopic (exact) mass is 305 g/mol. The molecule has 1 aromatic rings. The molecule has 2 aliphatic heterocycles. The minimum Gasteiger partial charge on any atom is -0.337 e. The lowest BCUT2D eigenvalue weighted by Gasteiger charge is -2.24. The number of sulfonamides is 1. The van der Waals surface area contributed by atoms with Crippen LogP contribution in [-0.2, 0) is 26.9 Å². The van der Waals surface area contributed by atoms with E-state index in [2.05, 4.69) is 4.98 Å². The van der Waals surface area contributed by atoms with Crippen LogP contribution in [0.4, 0.5) is 0 Å². The number of hydrogen-bond acceptors (Lipinski definition) is 5. The van der Waals surface area contributed by atoms with Gasteiger partial charge in [-0.05, 0) is 13.3 Å². The predicted octanol–water partition coefficient (Wildman–Crippen LogP) is -0.711. The predicted molar refractivity (Wildman–Crippen MR) is 67.8 cm³/mol. The maximum absolute atomic E-state index is 12.5. The van der Waals surface area contributed by atoms with Crippen molar-refractivity contribution in [1.82, 2.24) is 13.9 Å². The van der Waals surface area contributed by atoms with Crippen LogP contribution in [0.3, 0.4) is 0 Å². The minimum atomic E-state index is -3.68. The lowest BCUT2D eigenvalue weighted by molar-refractivity contribution is 0.401. The van der Waals surface area contributed by atoms with E-state index in [1.54, 1.807) is 18.5 Å². The molecule has 0 amide bonds. The molecule has 3 rings (SSSR count). The highest BCUT2D eigenvalue weighted by Crippen LogP contribution is 2.36. The van der Waals surface area contributed by atoms with Gasteiger partial charge in [-0.1, -0.05) is 0 Å². The largest absolute Gasteiger partial charge is 0.337 e. The smallest absolute Gasteiger partial charge is 0.262 e. The van der Waals surface area contributed by atoms with Gasteiger partial charge in [-0.25, -0.2) is 21.8 Å². The Morgan fingerprint density at radius 3 is 2.53 bits per heavy atom. The molecule has 0 N–H and O–H groups in total. The summed E-state index contributed by atoms with van der Waals surface area (Å²) in [5, 5.41) is -0.547. The van der Waals surface area contributed by atoms with E-state index in [9.17, 15) is 16.8 Å². The number of aryl methyl sites for hydroxylation is 2. The van der Waals surface area contributed by atoms with E-state index < -0.39 is 31.2 Å². The zero-order valence-corrected chi connectivity index (χ0v) is 12.3. The van der Waals surface area contributed by atoms with Crippen molar-refractivity contribution in [3.63, 3.8) is 0 Å². The van der Waals surface area contributed by atoms with Gasteiger partial charge in [-0.3, -0.25) is 0 Å². The van der Waals surface area contributed by atoms with Crippen molar-refractivity contribution < 1.29 is 16.8 Å². The Kier molecular flexibility index (Phi) is 2.61. The fourth-order valence-corrected chi connectivity index (χ4v) is 6.65. The van der Waals surface area contributed by atoms with Gasteiger partial charge in [0.05, 0.1) is 11.0 Å². The SMILES string of the molecule is Cc1nc(S(=O)(=O)N2CC3CC2CS3(=O)=O)cn1C. The van der Waals surface area contributed by atoms with Gasteiger partial charge in [-0.2, -0.15) is 4.31 Å². The molecular formula is C10H15N3O4S2. The summed E-state index contributed by atoms with van der Waals surface area (Å²) in [6.45, 7) is 1.78. The molecule has 3 heterocycles. The highest BCUT2D eigenvalue weighted by molar-refractivity contribution is 7.93. The Hall–Kier alpha value is -0.930. The second-order valence-electron chi connectivity index (χ2n) is 5.15. The third-order valence-electron chi connectivity index (χ3n) is 3.92. The molecule has 106 valence electrons. The van der Waals surface area contributed by atoms with Crippen molar-refractivity contribution in [2.45, 2.75) is 29.7 Å². The summed E-state index contributed by atoms with van der Waals surface area (Å²) in [5.74, 6) is 0.540. The Morgan fingerprint density at radius 1 is 1.42 bits per heavy atom. The van der Waals surface area contributed by atoms with E-state index in [1.807, 2.05) is 0 Å². The van der Waals surface area contributed by atoms with Crippen molar-refractivity contribution in [2.75, 3.05) is 12.3 Å². The lowest BCUT2D eigenvalue weighted by Crippen LogP contribution is -2.44. The number of nitrogens with zero attached hydrogens (tertiary/aromatic N) is 3. The van der Waals surface area contributed by atoms with E-state index >= 15 is 0 Å². The molecule has 9 heteroatoms. The fraction of sp³-hybridized carbons (Fsp3) is 0.700. The van der Waals surface area contributed by atoms with E-state index in [1.165, 1.54) is 10.5 Å². The summed E-state index contributed by atoms with van der Waals surface area (Å²) in [7, 11) is -5.06. The molecule has 2 saturated heterocycles. The second-order valence-corrected chi connectivity index (χ2v) is 9.32. The molecule has 19 heavy (non-hydrogen) atoms. The molecule has 2 fully saturated rings. The average molecular weight is 305 g/mol. The first kappa shape index (κ1) is 13.1. The van der Waals surface area contributed by atoms with Gasteiger partial charge in [0.15, 0.2) is 14.9 Å². The van der Waals surface area contributed by atoms with Gasteiger partial charge in [0.2, 0.25) is 0 Å². The quantitative estimate of drug-likeness (QED) is 0.720. The van der Waals surface area contributed by atoms with Crippen LogP contribution in [0.2, 0.25) is 0 Å². The number of imidazole rings is 1. The molecule has 0 aromatic carbocycles. The Balaban J connectivity index is 1.96. The van der Waals surface area contributed by atoms with Crippen molar-refractivity contribution in [2.24, 2.45) is 7.05 Å². The molecular weight excluding hydrogens is 290 g/mol. The lowest BCUT2D eigenvalue weighted by atomic mass is 10.3. The van der Waals surface area contributed by atoms with Crippen LogP contribution >= 0.6 is 0 Å². The molecule has 2 bridgehead atoms. The van der Waals surface area contributed by atoms with Crippen molar-refractivity contribution >= 4 is 19.9 Å².